The summed E-state index contributed by atoms with van der Waals surface area (Å²) in [5, 5.41) is 2.56. The van der Waals surface area contributed by atoms with Crippen molar-refractivity contribution in [1.82, 2.24) is 4.90 Å². The monoisotopic (exact) mass is 399 g/mol. The molecule has 0 aliphatic carbocycles. The number of hydrogen-bond acceptors (Lipinski definition) is 4. The summed E-state index contributed by atoms with van der Waals surface area (Å²) in [6, 6.07) is 17.7. The molecule has 2 aromatic carbocycles. The van der Waals surface area contributed by atoms with Gasteiger partial charge in [0, 0.05) is 25.3 Å². The molecule has 0 saturated heterocycles. The van der Waals surface area contributed by atoms with Crippen LogP contribution in [0.5, 0.6) is 0 Å². The number of rotatable bonds is 10. The minimum atomic E-state index is -0.300. The van der Waals surface area contributed by atoms with Gasteiger partial charge in [-0.25, -0.2) is 0 Å². The third-order valence-corrected chi connectivity index (χ3v) is 5.50. The van der Waals surface area contributed by atoms with E-state index in [1.165, 1.54) is 17.3 Å². The Morgan fingerprint density at radius 3 is 2.39 bits per heavy atom. The molecule has 150 valence electrons. The minimum absolute atomic E-state index is 0.0227. The van der Waals surface area contributed by atoms with Crippen molar-refractivity contribution in [3.8, 4) is 0 Å². The number of nitrogens with two attached hydrogens (primary N) is 1. The average molecular weight is 400 g/mol. The molecule has 2 rings (SSSR count). The summed E-state index contributed by atoms with van der Waals surface area (Å²) in [5.74, 6) is 0.147. The van der Waals surface area contributed by atoms with Crippen molar-refractivity contribution < 1.29 is 9.59 Å². The van der Waals surface area contributed by atoms with Crippen LogP contribution >= 0.6 is 11.8 Å². The lowest BCUT2D eigenvalue weighted by atomic mass is 10.1. The Morgan fingerprint density at radius 2 is 1.75 bits per heavy atom. The first-order valence-electron chi connectivity index (χ1n) is 9.50. The standard InChI is InChI=1S/C22H29N3O2S/c1-17-8-10-20(11-9-17)24-21(26)16-28-18(2)22(27)25(15-13-23)14-12-19-6-4-3-5-7-19/h3-11,18H,12-16,23H2,1-2H3,(H,24,26). The Morgan fingerprint density at radius 1 is 1.07 bits per heavy atom. The zero-order chi connectivity index (χ0) is 20.4. The van der Waals surface area contributed by atoms with Crippen LogP contribution < -0.4 is 11.1 Å². The van der Waals surface area contributed by atoms with Gasteiger partial charge in [0.1, 0.15) is 0 Å². The van der Waals surface area contributed by atoms with Crippen LogP contribution in [0.1, 0.15) is 18.1 Å². The zero-order valence-corrected chi connectivity index (χ0v) is 17.4. The van der Waals surface area contributed by atoms with Crippen LogP contribution in [0.3, 0.4) is 0 Å². The van der Waals surface area contributed by atoms with Crippen LogP contribution in [0, 0.1) is 6.92 Å². The molecule has 0 bridgehead atoms. The Bertz CT molecular complexity index is 750. The van der Waals surface area contributed by atoms with E-state index in [0.717, 1.165) is 17.7 Å². The normalized spacial score (nSPS) is 11.7. The highest BCUT2D eigenvalue weighted by Gasteiger charge is 2.21. The third-order valence-electron chi connectivity index (χ3n) is 4.37. The number of carbonyl (C=O) groups excluding carboxylic acids is 2. The SMILES string of the molecule is Cc1ccc(NC(=O)CSC(C)C(=O)N(CCN)CCc2ccccc2)cc1. The second-order valence-corrected chi connectivity index (χ2v) is 8.05. The van der Waals surface area contributed by atoms with E-state index in [0.29, 0.717) is 19.6 Å². The van der Waals surface area contributed by atoms with Gasteiger partial charge in [-0.15, -0.1) is 11.8 Å². The average Bonchev–Trinajstić information content (AvgIpc) is 2.71. The summed E-state index contributed by atoms with van der Waals surface area (Å²) in [6.07, 6.45) is 0.790. The molecule has 0 aromatic heterocycles. The van der Waals surface area contributed by atoms with E-state index in [1.54, 1.807) is 4.90 Å². The van der Waals surface area contributed by atoms with Crippen molar-refractivity contribution in [3.63, 3.8) is 0 Å². The predicted molar refractivity (Wildman–Crippen MR) is 118 cm³/mol. The Kier molecular flexibility index (Phi) is 9.04. The molecule has 0 fully saturated rings. The van der Waals surface area contributed by atoms with Crippen molar-refractivity contribution >= 4 is 29.3 Å². The Balaban J connectivity index is 1.82. The number of thioether (sulfide) groups is 1. The molecule has 6 heteroatoms. The van der Waals surface area contributed by atoms with Gasteiger partial charge >= 0.3 is 0 Å². The van der Waals surface area contributed by atoms with E-state index in [2.05, 4.69) is 17.4 Å². The number of carbonyl (C=O) groups is 2. The van der Waals surface area contributed by atoms with E-state index < -0.39 is 0 Å². The highest BCUT2D eigenvalue weighted by atomic mass is 32.2. The lowest BCUT2D eigenvalue weighted by molar-refractivity contribution is -0.130. The maximum Gasteiger partial charge on any atom is 0.235 e. The molecule has 3 N–H and O–H groups in total. The first-order valence-corrected chi connectivity index (χ1v) is 10.6. The van der Waals surface area contributed by atoms with Crippen molar-refractivity contribution in [2.75, 3.05) is 30.7 Å². The highest BCUT2D eigenvalue weighted by molar-refractivity contribution is 8.01. The van der Waals surface area contributed by atoms with Crippen LogP contribution in [0.4, 0.5) is 5.69 Å². The fraction of sp³-hybridized carbons (Fsp3) is 0.364. The first-order chi connectivity index (χ1) is 13.5. The van der Waals surface area contributed by atoms with E-state index >= 15 is 0 Å². The van der Waals surface area contributed by atoms with Crippen LogP contribution in [0.25, 0.3) is 0 Å². The number of nitrogens with zero attached hydrogens (tertiary/aromatic N) is 1. The smallest absolute Gasteiger partial charge is 0.235 e. The lowest BCUT2D eigenvalue weighted by Gasteiger charge is -2.25. The fourth-order valence-electron chi connectivity index (χ4n) is 2.76. The van der Waals surface area contributed by atoms with E-state index in [1.807, 2.05) is 56.3 Å². The molecule has 0 spiro atoms. The highest BCUT2D eigenvalue weighted by Crippen LogP contribution is 2.16. The van der Waals surface area contributed by atoms with E-state index in [-0.39, 0.29) is 22.8 Å². The van der Waals surface area contributed by atoms with Gasteiger partial charge in [0.25, 0.3) is 0 Å². The molecule has 0 aliphatic rings. The lowest BCUT2D eigenvalue weighted by Crippen LogP contribution is -2.41. The second-order valence-electron chi connectivity index (χ2n) is 6.72. The number of benzene rings is 2. The summed E-state index contributed by atoms with van der Waals surface area (Å²) in [4.78, 5) is 26.7. The molecule has 0 aliphatic heterocycles. The molecule has 2 amide bonds. The summed E-state index contributed by atoms with van der Waals surface area (Å²) < 4.78 is 0. The minimum Gasteiger partial charge on any atom is -0.340 e. The van der Waals surface area contributed by atoms with Gasteiger partial charge in [-0.2, -0.15) is 0 Å². The van der Waals surface area contributed by atoms with Crippen LogP contribution in [0.15, 0.2) is 54.6 Å². The maximum absolute atomic E-state index is 12.8. The molecule has 0 saturated carbocycles. The van der Waals surface area contributed by atoms with Crippen molar-refractivity contribution in [1.29, 1.82) is 0 Å². The van der Waals surface area contributed by atoms with Gasteiger partial charge in [-0.1, -0.05) is 48.0 Å². The molecule has 0 radical (unpaired) electrons. The van der Waals surface area contributed by atoms with Gasteiger partial charge < -0.3 is 16.0 Å². The summed E-state index contributed by atoms with van der Waals surface area (Å²) in [6.45, 7) is 5.41. The molecule has 28 heavy (non-hydrogen) atoms. The quantitative estimate of drug-likeness (QED) is 0.644. The zero-order valence-electron chi connectivity index (χ0n) is 16.6. The Labute approximate surface area is 171 Å². The Hall–Kier alpha value is -2.31. The molecule has 0 heterocycles. The van der Waals surface area contributed by atoms with Crippen molar-refractivity contribution in [2.24, 2.45) is 5.73 Å². The predicted octanol–water partition coefficient (Wildman–Crippen LogP) is 3.09. The number of aryl methyl sites for hydroxylation is 1. The van der Waals surface area contributed by atoms with Gasteiger partial charge in [0.2, 0.25) is 11.8 Å². The van der Waals surface area contributed by atoms with Crippen LogP contribution in [-0.2, 0) is 16.0 Å². The molecular weight excluding hydrogens is 370 g/mol. The van der Waals surface area contributed by atoms with Gasteiger partial charge in [0.05, 0.1) is 11.0 Å². The molecule has 1 unspecified atom stereocenters. The van der Waals surface area contributed by atoms with E-state index in [9.17, 15) is 9.59 Å². The fourth-order valence-corrected chi connectivity index (χ4v) is 3.53. The summed E-state index contributed by atoms with van der Waals surface area (Å²) in [7, 11) is 0. The van der Waals surface area contributed by atoms with Gasteiger partial charge in [-0.3, -0.25) is 9.59 Å². The summed E-state index contributed by atoms with van der Waals surface area (Å²) in [5.41, 5.74) is 8.79. The largest absolute Gasteiger partial charge is 0.340 e. The van der Waals surface area contributed by atoms with Crippen LogP contribution in [-0.4, -0.2) is 47.4 Å². The maximum atomic E-state index is 12.8. The number of hydrogen-bond donors (Lipinski definition) is 2. The topological polar surface area (TPSA) is 75.4 Å². The van der Waals surface area contributed by atoms with Crippen molar-refractivity contribution in [3.05, 3.63) is 65.7 Å². The number of anilines is 1. The van der Waals surface area contributed by atoms with Gasteiger partial charge in [0.15, 0.2) is 0 Å². The second kappa shape index (κ2) is 11.5. The van der Waals surface area contributed by atoms with E-state index in [4.69, 9.17) is 5.73 Å². The third kappa shape index (κ3) is 7.37. The first kappa shape index (κ1) is 22.0. The number of nitrogens with one attached hydrogen (secondary N) is 1. The molecule has 1 atom stereocenters. The molecular formula is C22H29N3O2S. The number of amides is 2. The molecule has 2 aromatic rings. The van der Waals surface area contributed by atoms with Gasteiger partial charge in [-0.05, 0) is 38.0 Å². The summed E-state index contributed by atoms with van der Waals surface area (Å²) >= 11 is 1.35. The van der Waals surface area contributed by atoms with Crippen molar-refractivity contribution in [2.45, 2.75) is 25.5 Å². The van der Waals surface area contributed by atoms with Crippen LogP contribution in [0.2, 0.25) is 0 Å². The molecule has 5 nitrogen and oxygen atoms in total.